The minimum atomic E-state index is -0.841. The molecule has 0 radical (unpaired) electrons. The van der Waals surface area contributed by atoms with Crippen molar-refractivity contribution in [1.29, 1.82) is 0 Å². The molecule has 0 aromatic carbocycles. The molecule has 0 saturated heterocycles. The fraction of sp³-hybridized carbons (Fsp3) is 0.627. The molecule has 0 aliphatic rings. The van der Waals surface area contributed by atoms with E-state index in [1.807, 2.05) is 24.3 Å². The first-order valence-electron chi connectivity index (χ1n) is 22.7. The Kier molecular flexibility index (Phi) is 42.1. The number of carbonyl (C=O) groups excluding carboxylic acids is 3. The van der Waals surface area contributed by atoms with Crippen molar-refractivity contribution in [1.82, 2.24) is 0 Å². The monoisotopic (exact) mass is 791 g/mol. The van der Waals surface area contributed by atoms with E-state index < -0.39 is 12.1 Å². The fourth-order valence-corrected chi connectivity index (χ4v) is 5.76. The Morgan fingerprint density at radius 1 is 0.368 bits per heavy atom. The van der Waals surface area contributed by atoms with Gasteiger partial charge in [0.15, 0.2) is 6.10 Å². The zero-order valence-corrected chi connectivity index (χ0v) is 36.6. The van der Waals surface area contributed by atoms with Crippen LogP contribution >= 0.6 is 0 Å². The summed E-state index contributed by atoms with van der Waals surface area (Å²) in [5, 5.41) is 0. The van der Waals surface area contributed by atoms with E-state index in [9.17, 15) is 14.4 Å². The topological polar surface area (TPSA) is 78.9 Å². The summed E-state index contributed by atoms with van der Waals surface area (Å²) >= 11 is 0. The smallest absolute Gasteiger partial charge is 0.306 e. The first-order valence-corrected chi connectivity index (χ1v) is 22.7. The molecule has 0 aliphatic carbocycles. The van der Waals surface area contributed by atoms with Crippen LogP contribution in [0.2, 0.25) is 0 Å². The second-order valence-electron chi connectivity index (χ2n) is 14.5. The third-order valence-electron chi connectivity index (χ3n) is 9.11. The van der Waals surface area contributed by atoms with E-state index >= 15 is 0 Å². The Morgan fingerprint density at radius 3 is 1.07 bits per heavy atom. The maximum atomic E-state index is 12.7. The quantitative estimate of drug-likeness (QED) is 0.0267. The molecule has 0 amide bonds. The summed E-state index contributed by atoms with van der Waals surface area (Å²) in [5.74, 6) is -1.10. The van der Waals surface area contributed by atoms with Gasteiger partial charge in [-0.1, -0.05) is 195 Å². The third kappa shape index (κ3) is 43.3. The molecule has 0 rings (SSSR count). The summed E-state index contributed by atoms with van der Waals surface area (Å²) in [7, 11) is 0. The molecule has 6 heteroatoms. The number of carbonyl (C=O) groups is 3. The maximum absolute atomic E-state index is 12.7. The van der Waals surface area contributed by atoms with Crippen LogP contribution < -0.4 is 0 Å². The summed E-state index contributed by atoms with van der Waals surface area (Å²) in [6.07, 6.45) is 58.5. The highest BCUT2D eigenvalue weighted by Crippen LogP contribution is 2.13. The van der Waals surface area contributed by atoms with E-state index in [1.165, 1.54) is 64.2 Å². The zero-order valence-electron chi connectivity index (χ0n) is 36.6. The van der Waals surface area contributed by atoms with E-state index in [0.29, 0.717) is 19.3 Å². The lowest BCUT2D eigenvalue weighted by Gasteiger charge is -2.18. The third-order valence-corrected chi connectivity index (χ3v) is 9.11. The molecule has 0 bridgehead atoms. The largest absolute Gasteiger partial charge is 0.462 e. The van der Waals surface area contributed by atoms with Gasteiger partial charge in [0.2, 0.25) is 0 Å². The van der Waals surface area contributed by atoms with Crippen LogP contribution in [-0.4, -0.2) is 37.2 Å². The summed E-state index contributed by atoms with van der Waals surface area (Å²) in [6, 6.07) is 0. The molecule has 0 spiro atoms. The van der Waals surface area contributed by atoms with Crippen LogP contribution in [0.1, 0.15) is 188 Å². The SMILES string of the molecule is CC/C=C\C/C=C\C/C=C\C/C=C\CCC(=O)OCC(COC(=O)CCCCCCCCCCCCCCC)OC(=O)CC/C=C\C/C=C\C/C=C\C/C=C\CC. The molecule has 0 saturated carbocycles. The standard InChI is InChI=1S/C51H82O6/c1-4-7-10-13-16-19-22-25-28-31-34-37-40-43-49(52)55-46-48(57-51(54)45-42-39-36-33-30-27-24-21-18-15-12-9-6-3)47-56-50(53)44-41-38-35-32-29-26-23-20-17-14-11-8-5-2/h7,9-10,12,16,18-19,21,25,27-28,30,34,36-37,39,48H,4-6,8,11,13-15,17,20,22-24,26,29,31-33,35,38,40-47H2,1-3H3/b10-7-,12-9-,19-16-,21-18-,28-25-,30-27-,37-34-,39-36-. The first kappa shape index (κ1) is 53.3. The molecule has 0 fully saturated rings. The second kappa shape index (κ2) is 45.0. The molecule has 0 aromatic rings. The molecule has 0 aromatic heterocycles. The molecule has 322 valence electrons. The highest BCUT2D eigenvalue weighted by Gasteiger charge is 2.19. The van der Waals surface area contributed by atoms with Crippen LogP contribution in [0.25, 0.3) is 0 Å². The lowest BCUT2D eigenvalue weighted by molar-refractivity contribution is -0.166. The van der Waals surface area contributed by atoms with E-state index in [2.05, 4.69) is 93.7 Å². The first-order chi connectivity index (χ1) is 28.0. The average Bonchev–Trinajstić information content (AvgIpc) is 3.21. The van der Waals surface area contributed by atoms with E-state index in [4.69, 9.17) is 14.2 Å². The molecule has 0 aliphatic heterocycles. The van der Waals surface area contributed by atoms with Gasteiger partial charge in [0.1, 0.15) is 13.2 Å². The molecule has 1 atom stereocenters. The number of hydrogen-bond acceptors (Lipinski definition) is 6. The Balaban J connectivity index is 4.59. The number of unbranched alkanes of at least 4 members (excludes halogenated alkanes) is 12. The predicted octanol–water partition coefficient (Wildman–Crippen LogP) is 14.6. The minimum Gasteiger partial charge on any atom is -0.462 e. The second-order valence-corrected chi connectivity index (χ2v) is 14.5. The van der Waals surface area contributed by atoms with Crippen molar-refractivity contribution in [3.63, 3.8) is 0 Å². The number of esters is 3. The van der Waals surface area contributed by atoms with Crippen molar-refractivity contribution in [2.24, 2.45) is 0 Å². The number of hydrogen-bond donors (Lipinski definition) is 0. The van der Waals surface area contributed by atoms with Gasteiger partial charge in [-0.2, -0.15) is 0 Å². The van der Waals surface area contributed by atoms with Crippen LogP contribution in [0.4, 0.5) is 0 Å². The van der Waals surface area contributed by atoms with Gasteiger partial charge in [0, 0.05) is 19.3 Å². The van der Waals surface area contributed by atoms with Crippen molar-refractivity contribution in [2.75, 3.05) is 13.2 Å². The maximum Gasteiger partial charge on any atom is 0.306 e. The van der Waals surface area contributed by atoms with Gasteiger partial charge in [0.25, 0.3) is 0 Å². The van der Waals surface area contributed by atoms with Crippen LogP contribution in [0.5, 0.6) is 0 Å². The van der Waals surface area contributed by atoms with E-state index in [1.54, 1.807) is 0 Å². The number of allylic oxidation sites excluding steroid dienone is 16. The van der Waals surface area contributed by atoms with Gasteiger partial charge >= 0.3 is 17.9 Å². The van der Waals surface area contributed by atoms with Crippen molar-refractivity contribution < 1.29 is 28.6 Å². The minimum absolute atomic E-state index is 0.128. The Labute approximate surface area is 349 Å². The van der Waals surface area contributed by atoms with Crippen molar-refractivity contribution >= 4 is 17.9 Å². The Morgan fingerprint density at radius 2 is 0.684 bits per heavy atom. The summed E-state index contributed by atoms with van der Waals surface area (Å²) in [5.41, 5.74) is 0. The van der Waals surface area contributed by atoms with Gasteiger partial charge in [-0.15, -0.1) is 0 Å². The van der Waals surface area contributed by atoms with E-state index in [0.717, 1.165) is 70.6 Å². The van der Waals surface area contributed by atoms with Crippen LogP contribution in [0.3, 0.4) is 0 Å². The molecule has 6 nitrogen and oxygen atoms in total. The Bertz CT molecular complexity index is 1180. The summed E-state index contributed by atoms with van der Waals surface area (Å²) < 4.78 is 16.6. The zero-order chi connectivity index (χ0) is 41.5. The lowest BCUT2D eigenvalue weighted by Crippen LogP contribution is -2.30. The average molecular weight is 791 g/mol. The highest BCUT2D eigenvalue weighted by molar-refractivity contribution is 5.71. The van der Waals surface area contributed by atoms with Crippen LogP contribution in [-0.2, 0) is 28.6 Å². The van der Waals surface area contributed by atoms with Gasteiger partial charge in [0.05, 0.1) is 0 Å². The van der Waals surface area contributed by atoms with Gasteiger partial charge in [-0.05, 0) is 70.6 Å². The van der Waals surface area contributed by atoms with Gasteiger partial charge in [-0.25, -0.2) is 0 Å². The molecular formula is C51H82O6. The summed E-state index contributed by atoms with van der Waals surface area (Å²) in [4.78, 5) is 37.7. The highest BCUT2D eigenvalue weighted by atomic mass is 16.6. The Hall–Kier alpha value is -3.67. The molecule has 0 N–H and O–H groups in total. The molecule has 1 unspecified atom stereocenters. The van der Waals surface area contributed by atoms with Crippen molar-refractivity contribution in [2.45, 2.75) is 194 Å². The number of ether oxygens (including phenoxy) is 3. The van der Waals surface area contributed by atoms with Gasteiger partial charge in [-0.3, -0.25) is 14.4 Å². The lowest BCUT2D eigenvalue weighted by atomic mass is 10.0. The number of rotatable bonds is 39. The van der Waals surface area contributed by atoms with Crippen LogP contribution in [0, 0.1) is 0 Å². The molecule has 0 heterocycles. The summed E-state index contributed by atoms with van der Waals surface area (Å²) in [6.45, 7) is 6.25. The molecule has 57 heavy (non-hydrogen) atoms. The molecular weight excluding hydrogens is 709 g/mol. The van der Waals surface area contributed by atoms with E-state index in [-0.39, 0.29) is 38.0 Å². The normalized spacial score (nSPS) is 13.0. The van der Waals surface area contributed by atoms with Crippen LogP contribution in [0.15, 0.2) is 97.2 Å². The van der Waals surface area contributed by atoms with Crippen molar-refractivity contribution in [3.05, 3.63) is 97.2 Å². The predicted molar refractivity (Wildman–Crippen MR) is 242 cm³/mol. The van der Waals surface area contributed by atoms with Gasteiger partial charge < -0.3 is 14.2 Å². The fourth-order valence-electron chi connectivity index (χ4n) is 5.76. The van der Waals surface area contributed by atoms with Crippen molar-refractivity contribution in [3.8, 4) is 0 Å².